The Morgan fingerprint density at radius 1 is 1.31 bits per heavy atom. The van der Waals surface area contributed by atoms with E-state index in [-0.39, 0.29) is 5.91 Å². The molecule has 0 radical (unpaired) electrons. The number of amides is 1. The molecule has 82 valence electrons. The number of benzene rings is 1. The number of hydrogen-bond donors (Lipinski definition) is 3. The van der Waals surface area contributed by atoms with Gasteiger partial charge < -0.3 is 16.8 Å². The van der Waals surface area contributed by atoms with Gasteiger partial charge in [-0.3, -0.25) is 4.79 Å². The van der Waals surface area contributed by atoms with Crippen molar-refractivity contribution in [3.8, 4) is 0 Å². The Bertz CT molecular complexity index is 510. The van der Waals surface area contributed by atoms with Crippen LogP contribution in [0, 0.1) is 0 Å². The summed E-state index contributed by atoms with van der Waals surface area (Å²) >= 11 is 1.37. The predicted molar refractivity (Wildman–Crippen MR) is 65.3 cm³/mol. The third-order valence-electron chi connectivity index (χ3n) is 2.01. The van der Waals surface area contributed by atoms with Gasteiger partial charge in [0.25, 0.3) is 5.91 Å². The van der Waals surface area contributed by atoms with Gasteiger partial charge in [0.05, 0.1) is 16.9 Å². The molecule has 1 amide bonds. The summed E-state index contributed by atoms with van der Waals surface area (Å²) in [5.41, 5.74) is 14.7. The quantitative estimate of drug-likeness (QED) is 0.687. The molecule has 0 aliphatic heterocycles. The Morgan fingerprint density at radius 2 is 2.12 bits per heavy atom. The van der Waals surface area contributed by atoms with E-state index in [2.05, 4.69) is 10.3 Å². The molecular formula is C10H10N4OS. The molecule has 1 aromatic heterocycles. The zero-order valence-corrected chi connectivity index (χ0v) is 9.12. The predicted octanol–water partition coefficient (Wildman–Crippen LogP) is 1.56. The average Bonchev–Trinajstić information content (AvgIpc) is 2.77. The van der Waals surface area contributed by atoms with Crippen molar-refractivity contribution in [1.82, 2.24) is 4.98 Å². The van der Waals surface area contributed by atoms with Crippen LogP contribution in [0.3, 0.4) is 0 Å². The van der Waals surface area contributed by atoms with E-state index < -0.39 is 0 Å². The molecule has 16 heavy (non-hydrogen) atoms. The number of thiazole rings is 1. The van der Waals surface area contributed by atoms with Gasteiger partial charge in [-0.05, 0) is 18.2 Å². The minimum atomic E-state index is -0.259. The fourth-order valence-corrected chi connectivity index (χ4v) is 1.70. The number of carbonyl (C=O) groups excluding carboxylic acids is 1. The number of nitrogen functional groups attached to an aromatic ring is 2. The molecule has 0 unspecified atom stereocenters. The van der Waals surface area contributed by atoms with Crippen molar-refractivity contribution in [3.05, 3.63) is 34.8 Å². The molecule has 1 heterocycles. The second kappa shape index (κ2) is 4.19. The number of hydrogen-bond acceptors (Lipinski definition) is 5. The Balaban J connectivity index is 2.15. The molecule has 0 bridgehead atoms. The molecular weight excluding hydrogens is 224 g/mol. The number of nitrogens with two attached hydrogens (primary N) is 2. The zero-order chi connectivity index (χ0) is 11.5. The second-order valence-electron chi connectivity index (χ2n) is 3.17. The topological polar surface area (TPSA) is 94.0 Å². The van der Waals surface area contributed by atoms with Gasteiger partial charge >= 0.3 is 0 Å². The highest BCUT2D eigenvalue weighted by Gasteiger charge is 2.08. The molecule has 6 heteroatoms. The van der Waals surface area contributed by atoms with Crippen molar-refractivity contribution >= 4 is 34.3 Å². The summed E-state index contributed by atoms with van der Waals surface area (Å²) < 4.78 is 0. The van der Waals surface area contributed by atoms with Crippen LogP contribution in [0.5, 0.6) is 0 Å². The Morgan fingerprint density at radius 3 is 2.75 bits per heavy atom. The van der Waals surface area contributed by atoms with E-state index in [9.17, 15) is 4.79 Å². The van der Waals surface area contributed by atoms with Crippen LogP contribution in [0.1, 0.15) is 10.5 Å². The van der Waals surface area contributed by atoms with Crippen molar-refractivity contribution in [1.29, 1.82) is 0 Å². The third-order valence-corrected chi connectivity index (χ3v) is 2.60. The first-order chi connectivity index (χ1) is 7.66. The molecule has 0 spiro atoms. The maximum atomic E-state index is 11.6. The van der Waals surface area contributed by atoms with E-state index in [4.69, 9.17) is 11.5 Å². The van der Waals surface area contributed by atoms with E-state index in [0.29, 0.717) is 22.8 Å². The smallest absolute Gasteiger partial charge is 0.275 e. The summed E-state index contributed by atoms with van der Waals surface area (Å²) in [5.74, 6) is -0.259. The van der Waals surface area contributed by atoms with Crippen molar-refractivity contribution in [2.45, 2.75) is 0 Å². The van der Waals surface area contributed by atoms with Crippen LogP contribution < -0.4 is 16.8 Å². The number of rotatable bonds is 2. The molecule has 0 atom stereocenters. The van der Waals surface area contributed by atoms with Gasteiger partial charge in [0.2, 0.25) is 0 Å². The van der Waals surface area contributed by atoms with Crippen LogP contribution in [-0.4, -0.2) is 10.9 Å². The number of anilines is 3. The normalized spacial score (nSPS) is 10.0. The van der Waals surface area contributed by atoms with Gasteiger partial charge in [-0.15, -0.1) is 11.3 Å². The maximum Gasteiger partial charge on any atom is 0.275 e. The number of carbonyl (C=O) groups is 1. The van der Waals surface area contributed by atoms with Gasteiger partial charge in [0.15, 0.2) is 0 Å². The van der Waals surface area contributed by atoms with Gasteiger partial charge in [0, 0.05) is 11.1 Å². The average molecular weight is 234 g/mol. The molecule has 5 N–H and O–H groups in total. The van der Waals surface area contributed by atoms with E-state index in [0.717, 1.165) is 0 Å². The Hall–Kier alpha value is -2.08. The summed E-state index contributed by atoms with van der Waals surface area (Å²) in [7, 11) is 0. The van der Waals surface area contributed by atoms with Gasteiger partial charge in [-0.2, -0.15) is 0 Å². The van der Waals surface area contributed by atoms with Crippen LogP contribution in [0.25, 0.3) is 0 Å². The van der Waals surface area contributed by atoms with Gasteiger partial charge in [0.1, 0.15) is 5.69 Å². The number of nitrogens with one attached hydrogen (secondary N) is 1. The maximum absolute atomic E-state index is 11.6. The highest BCUT2D eigenvalue weighted by Crippen LogP contribution is 2.20. The first-order valence-corrected chi connectivity index (χ1v) is 5.45. The molecule has 0 aliphatic rings. The minimum absolute atomic E-state index is 0.259. The zero-order valence-electron chi connectivity index (χ0n) is 8.31. The summed E-state index contributed by atoms with van der Waals surface area (Å²) in [6, 6.07) is 4.95. The lowest BCUT2D eigenvalue weighted by Gasteiger charge is -2.05. The molecule has 2 aromatic rings. The number of aromatic nitrogens is 1. The fraction of sp³-hybridized carbons (Fsp3) is 0. The summed E-state index contributed by atoms with van der Waals surface area (Å²) in [6.07, 6.45) is 0. The molecule has 0 aliphatic carbocycles. The lowest BCUT2D eigenvalue weighted by atomic mass is 10.2. The molecule has 0 saturated carbocycles. The van der Waals surface area contributed by atoms with Crippen molar-refractivity contribution in [3.63, 3.8) is 0 Å². The summed E-state index contributed by atoms with van der Waals surface area (Å²) in [4.78, 5) is 15.5. The standard InChI is InChI=1S/C10H10N4OS/c11-7-2-1-6(3-8(7)12)14-10(15)9-4-16-5-13-9/h1-5H,11-12H2,(H,14,15). The van der Waals surface area contributed by atoms with Gasteiger partial charge in [-0.1, -0.05) is 0 Å². The van der Waals surface area contributed by atoms with Crippen molar-refractivity contribution in [2.24, 2.45) is 0 Å². The van der Waals surface area contributed by atoms with Gasteiger partial charge in [-0.25, -0.2) is 4.98 Å². The monoisotopic (exact) mass is 234 g/mol. The highest BCUT2D eigenvalue weighted by atomic mass is 32.1. The first-order valence-electron chi connectivity index (χ1n) is 4.51. The molecule has 2 rings (SSSR count). The largest absolute Gasteiger partial charge is 0.397 e. The van der Waals surface area contributed by atoms with E-state index in [1.54, 1.807) is 29.1 Å². The van der Waals surface area contributed by atoms with E-state index in [1.165, 1.54) is 11.3 Å². The van der Waals surface area contributed by atoms with Crippen molar-refractivity contribution in [2.75, 3.05) is 16.8 Å². The second-order valence-corrected chi connectivity index (χ2v) is 3.89. The highest BCUT2D eigenvalue weighted by molar-refractivity contribution is 7.07. The third kappa shape index (κ3) is 2.12. The summed E-state index contributed by atoms with van der Waals surface area (Å²) in [5, 5.41) is 4.36. The first kappa shape index (κ1) is 10.4. The van der Waals surface area contributed by atoms with E-state index in [1.807, 2.05) is 0 Å². The van der Waals surface area contributed by atoms with Crippen molar-refractivity contribution < 1.29 is 4.79 Å². The molecule has 1 aromatic carbocycles. The Labute approximate surface area is 96.1 Å². The van der Waals surface area contributed by atoms with Crippen LogP contribution in [0.2, 0.25) is 0 Å². The lowest BCUT2D eigenvalue weighted by molar-refractivity contribution is 0.102. The molecule has 5 nitrogen and oxygen atoms in total. The minimum Gasteiger partial charge on any atom is -0.397 e. The fourth-order valence-electron chi connectivity index (χ4n) is 1.17. The Kier molecular flexibility index (Phi) is 2.74. The summed E-state index contributed by atoms with van der Waals surface area (Å²) in [6.45, 7) is 0. The number of nitrogens with zero attached hydrogens (tertiary/aromatic N) is 1. The molecule has 0 fully saturated rings. The SMILES string of the molecule is Nc1ccc(NC(=O)c2cscn2)cc1N. The van der Waals surface area contributed by atoms with Crippen LogP contribution in [0.4, 0.5) is 17.1 Å². The van der Waals surface area contributed by atoms with Crippen LogP contribution in [0.15, 0.2) is 29.1 Å². The van der Waals surface area contributed by atoms with Crippen LogP contribution in [-0.2, 0) is 0 Å². The lowest BCUT2D eigenvalue weighted by Crippen LogP contribution is -2.12. The van der Waals surface area contributed by atoms with E-state index >= 15 is 0 Å². The molecule has 0 saturated heterocycles. The van der Waals surface area contributed by atoms with Crippen LogP contribution >= 0.6 is 11.3 Å².